The zero-order valence-corrected chi connectivity index (χ0v) is 12.8. The van der Waals surface area contributed by atoms with Crippen molar-refractivity contribution in [2.75, 3.05) is 7.05 Å². The quantitative estimate of drug-likeness (QED) is 0.930. The van der Waals surface area contributed by atoms with Crippen LogP contribution in [0.25, 0.3) is 0 Å². The van der Waals surface area contributed by atoms with E-state index in [4.69, 9.17) is 0 Å². The molecule has 0 aliphatic heterocycles. The number of carbonyl (C=O) groups excluding carboxylic acids is 1. The fourth-order valence-electron chi connectivity index (χ4n) is 3.20. The van der Waals surface area contributed by atoms with Gasteiger partial charge in [-0.25, -0.2) is 4.98 Å². The van der Waals surface area contributed by atoms with Gasteiger partial charge in [0.25, 0.3) is 5.91 Å². The number of aliphatic hydroxyl groups is 1. The molecule has 116 valence electrons. The first-order valence-corrected chi connectivity index (χ1v) is 7.44. The Bertz CT molecular complexity index is 656. The second-order valence-electron chi connectivity index (χ2n) is 5.76. The molecule has 2 heterocycles. The van der Waals surface area contributed by atoms with Gasteiger partial charge in [0, 0.05) is 31.3 Å². The number of pyridine rings is 1. The molecule has 3 atom stereocenters. The summed E-state index contributed by atoms with van der Waals surface area (Å²) in [5, 5.41) is 10.6. The number of hydrogen-bond acceptors (Lipinski definition) is 4. The Labute approximate surface area is 129 Å². The Hall–Kier alpha value is -2.21. The van der Waals surface area contributed by atoms with E-state index < -0.39 is 6.10 Å². The molecule has 1 aliphatic rings. The maximum Gasteiger partial charge on any atom is 0.255 e. The Morgan fingerprint density at radius 2 is 2.23 bits per heavy atom. The van der Waals surface area contributed by atoms with Gasteiger partial charge < -0.3 is 14.6 Å². The monoisotopic (exact) mass is 300 g/mol. The van der Waals surface area contributed by atoms with Gasteiger partial charge in [-0.15, -0.1) is 0 Å². The normalized spacial score (nSPS) is 24.4. The predicted molar refractivity (Wildman–Crippen MR) is 81.4 cm³/mol. The number of carbonyl (C=O) groups is 1. The van der Waals surface area contributed by atoms with Crippen LogP contribution >= 0.6 is 0 Å². The van der Waals surface area contributed by atoms with E-state index in [1.807, 2.05) is 17.7 Å². The lowest BCUT2D eigenvalue weighted by Crippen LogP contribution is -2.43. The molecule has 0 aromatic carbocycles. The lowest BCUT2D eigenvalue weighted by Gasteiger charge is -2.29. The first kappa shape index (κ1) is 14.7. The SMILES string of the molecule is Cc1ncccc1C(=O)N(C)[C@@H]1CC[C@@H](n2ccnc2)[C@@H]1O. The van der Waals surface area contributed by atoms with Gasteiger partial charge in [0.05, 0.1) is 30.1 Å². The molecule has 2 aromatic rings. The Morgan fingerprint density at radius 3 is 2.91 bits per heavy atom. The van der Waals surface area contributed by atoms with Crippen molar-refractivity contribution in [3.8, 4) is 0 Å². The van der Waals surface area contributed by atoms with Crippen molar-refractivity contribution in [1.29, 1.82) is 0 Å². The van der Waals surface area contributed by atoms with Gasteiger partial charge in [-0.1, -0.05) is 0 Å². The molecule has 0 bridgehead atoms. The number of aliphatic hydroxyl groups excluding tert-OH is 1. The van der Waals surface area contributed by atoms with Gasteiger partial charge in [-0.2, -0.15) is 0 Å². The third-order valence-electron chi connectivity index (χ3n) is 4.51. The third kappa shape index (κ3) is 2.50. The van der Waals surface area contributed by atoms with Crippen LogP contribution in [0.5, 0.6) is 0 Å². The molecule has 0 saturated heterocycles. The minimum Gasteiger partial charge on any atom is -0.389 e. The van der Waals surface area contributed by atoms with Crippen LogP contribution in [0.15, 0.2) is 37.1 Å². The van der Waals surface area contributed by atoms with E-state index >= 15 is 0 Å². The Balaban J connectivity index is 1.77. The highest BCUT2D eigenvalue weighted by atomic mass is 16.3. The molecule has 0 unspecified atom stereocenters. The summed E-state index contributed by atoms with van der Waals surface area (Å²) in [6, 6.07) is 3.31. The van der Waals surface area contributed by atoms with Gasteiger partial charge in [-0.05, 0) is 31.9 Å². The molecule has 1 amide bonds. The Kier molecular flexibility index (Phi) is 3.94. The van der Waals surface area contributed by atoms with Crippen LogP contribution in [-0.2, 0) is 0 Å². The standard InChI is InChI=1S/C16H20N4O2/c1-11-12(4-3-7-18-11)16(22)19(2)13-5-6-14(15(13)21)20-9-8-17-10-20/h3-4,7-10,13-15,21H,5-6H2,1-2H3/t13-,14-,15-/m1/s1. The molecule has 1 saturated carbocycles. The van der Waals surface area contributed by atoms with E-state index in [2.05, 4.69) is 9.97 Å². The first-order valence-electron chi connectivity index (χ1n) is 7.44. The van der Waals surface area contributed by atoms with Crippen molar-refractivity contribution in [2.45, 2.75) is 38.0 Å². The van der Waals surface area contributed by atoms with Crippen molar-refractivity contribution in [1.82, 2.24) is 19.4 Å². The molecule has 3 rings (SSSR count). The van der Waals surface area contributed by atoms with Gasteiger partial charge in [-0.3, -0.25) is 9.78 Å². The topological polar surface area (TPSA) is 71.2 Å². The van der Waals surface area contributed by atoms with Crippen molar-refractivity contribution in [3.63, 3.8) is 0 Å². The van der Waals surface area contributed by atoms with Crippen molar-refractivity contribution in [2.24, 2.45) is 0 Å². The molecule has 0 spiro atoms. The van der Waals surface area contributed by atoms with Crippen LogP contribution in [0.3, 0.4) is 0 Å². The summed E-state index contributed by atoms with van der Waals surface area (Å²) < 4.78 is 1.91. The third-order valence-corrected chi connectivity index (χ3v) is 4.51. The molecular formula is C16H20N4O2. The van der Waals surface area contributed by atoms with Crippen molar-refractivity contribution in [3.05, 3.63) is 48.3 Å². The highest BCUT2D eigenvalue weighted by molar-refractivity contribution is 5.95. The predicted octanol–water partition coefficient (Wildman–Crippen LogP) is 1.42. The van der Waals surface area contributed by atoms with Crippen LogP contribution in [0.4, 0.5) is 0 Å². The maximum absolute atomic E-state index is 12.6. The number of aryl methyl sites for hydroxylation is 1. The second-order valence-corrected chi connectivity index (χ2v) is 5.76. The van der Waals surface area contributed by atoms with Crippen LogP contribution in [-0.4, -0.2) is 49.6 Å². The Morgan fingerprint density at radius 1 is 1.41 bits per heavy atom. The summed E-state index contributed by atoms with van der Waals surface area (Å²) in [4.78, 5) is 22.5. The summed E-state index contributed by atoms with van der Waals surface area (Å²) in [6.07, 6.45) is 7.93. The number of imidazole rings is 1. The molecule has 2 aromatic heterocycles. The molecule has 1 fully saturated rings. The first-order chi connectivity index (χ1) is 10.6. The zero-order valence-electron chi connectivity index (χ0n) is 12.8. The minimum absolute atomic E-state index is 0.0299. The summed E-state index contributed by atoms with van der Waals surface area (Å²) in [6.45, 7) is 1.82. The van der Waals surface area contributed by atoms with Gasteiger partial charge >= 0.3 is 0 Å². The molecule has 6 nitrogen and oxygen atoms in total. The number of rotatable bonds is 3. The van der Waals surface area contributed by atoms with Gasteiger partial charge in [0.1, 0.15) is 0 Å². The van der Waals surface area contributed by atoms with Gasteiger partial charge in [0.2, 0.25) is 0 Å². The van der Waals surface area contributed by atoms with E-state index in [-0.39, 0.29) is 18.0 Å². The average Bonchev–Trinajstić information content (AvgIpc) is 3.15. The highest BCUT2D eigenvalue weighted by Crippen LogP contribution is 2.33. The van der Waals surface area contributed by atoms with E-state index in [0.29, 0.717) is 11.3 Å². The lowest BCUT2D eigenvalue weighted by molar-refractivity contribution is 0.0442. The smallest absolute Gasteiger partial charge is 0.255 e. The molecule has 1 N–H and O–H groups in total. The second kappa shape index (κ2) is 5.88. The lowest BCUT2D eigenvalue weighted by atomic mass is 10.1. The largest absolute Gasteiger partial charge is 0.389 e. The molecule has 1 aliphatic carbocycles. The number of likely N-dealkylation sites (N-methyl/N-ethyl adjacent to an activating group) is 1. The van der Waals surface area contributed by atoms with Crippen LogP contribution in [0.2, 0.25) is 0 Å². The summed E-state index contributed by atoms with van der Waals surface area (Å²) in [5.74, 6) is -0.0964. The number of amides is 1. The van der Waals surface area contributed by atoms with Crippen molar-refractivity contribution < 1.29 is 9.90 Å². The van der Waals surface area contributed by atoms with E-state index in [9.17, 15) is 9.90 Å². The fraction of sp³-hybridized carbons (Fsp3) is 0.438. The van der Waals surface area contributed by atoms with Crippen LogP contribution in [0.1, 0.15) is 34.9 Å². The van der Waals surface area contributed by atoms with Crippen molar-refractivity contribution >= 4 is 5.91 Å². The summed E-state index contributed by atoms with van der Waals surface area (Å²) in [5.41, 5.74) is 1.29. The summed E-state index contributed by atoms with van der Waals surface area (Å²) in [7, 11) is 1.75. The van der Waals surface area contributed by atoms with Crippen LogP contribution in [0, 0.1) is 6.92 Å². The average molecular weight is 300 g/mol. The molecule has 6 heteroatoms. The zero-order chi connectivity index (χ0) is 15.7. The molecular weight excluding hydrogens is 280 g/mol. The summed E-state index contributed by atoms with van der Waals surface area (Å²) >= 11 is 0. The number of hydrogen-bond donors (Lipinski definition) is 1. The maximum atomic E-state index is 12.6. The van der Waals surface area contributed by atoms with E-state index in [1.54, 1.807) is 42.8 Å². The van der Waals surface area contributed by atoms with Crippen LogP contribution < -0.4 is 0 Å². The molecule has 0 radical (unpaired) electrons. The number of aromatic nitrogens is 3. The molecule has 22 heavy (non-hydrogen) atoms. The van der Waals surface area contributed by atoms with Gasteiger partial charge in [0.15, 0.2) is 0 Å². The number of nitrogens with zero attached hydrogens (tertiary/aromatic N) is 4. The minimum atomic E-state index is -0.597. The van der Waals surface area contributed by atoms with E-state index in [1.165, 1.54) is 0 Å². The van der Waals surface area contributed by atoms with E-state index in [0.717, 1.165) is 12.8 Å². The highest BCUT2D eigenvalue weighted by Gasteiger charge is 2.39. The fourth-order valence-corrected chi connectivity index (χ4v) is 3.20.